The van der Waals surface area contributed by atoms with Crippen LogP contribution in [-0.2, 0) is 9.59 Å². The minimum Gasteiger partial charge on any atom is -0.480 e. The van der Waals surface area contributed by atoms with Crippen molar-refractivity contribution in [3.63, 3.8) is 0 Å². The van der Waals surface area contributed by atoms with Gasteiger partial charge in [-0.05, 0) is 0 Å². The minimum absolute atomic E-state index is 0.366. The number of carboxylic acids is 2. The molecule has 2 fully saturated rings. The zero-order valence-corrected chi connectivity index (χ0v) is 11.4. The molecule has 0 saturated heterocycles. The lowest BCUT2D eigenvalue weighted by atomic mass is 9.44. The third kappa shape index (κ3) is 2.86. The molecule has 2 saturated carbocycles. The van der Waals surface area contributed by atoms with E-state index in [2.05, 4.69) is 10.6 Å². The van der Waals surface area contributed by atoms with Crippen LogP contribution < -0.4 is 16.4 Å². The van der Waals surface area contributed by atoms with Gasteiger partial charge in [0.2, 0.25) is 0 Å². The van der Waals surface area contributed by atoms with E-state index in [0.717, 1.165) is 7.11 Å². The fourth-order valence-corrected chi connectivity index (χ4v) is 3.16. The second-order valence-electron chi connectivity index (χ2n) is 5.01. The molecule has 0 aromatic carbocycles. The number of rotatable bonds is 6. The van der Waals surface area contributed by atoms with Crippen molar-refractivity contribution >= 4 is 11.9 Å². The fourth-order valence-electron chi connectivity index (χ4n) is 3.16. The standard InChI is InChI=1S/C10H17N3O6.CH4O/c11-10-5(6(18)8(10)12-1-3(14)15)7(19)9(10)13-2-4(16)17;1-2/h5-9,12-13,18-19H,1-2,11H2,(H,14,15)(H,16,17);2H,1H3. The van der Waals surface area contributed by atoms with Crippen molar-refractivity contribution in [1.82, 2.24) is 10.6 Å². The van der Waals surface area contributed by atoms with E-state index in [1.165, 1.54) is 0 Å². The van der Waals surface area contributed by atoms with Gasteiger partial charge in [-0.1, -0.05) is 0 Å². The Balaban J connectivity index is 0.00000106. The Morgan fingerprint density at radius 3 is 1.62 bits per heavy atom. The maximum atomic E-state index is 10.5. The molecule has 10 heteroatoms. The first-order chi connectivity index (χ1) is 9.80. The Morgan fingerprint density at radius 1 is 1.00 bits per heavy atom. The quantitative estimate of drug-likeness (QED) is 0.239. The molecule has 0 radical (unpaired) electrons. The summed E-state index contributed by atoms with van der Waals surface area (Å²) in [5, 5.41) is 49.0. The number of carbonyl (C=O) groups is 2. The zero-order chi connectivity index (χ0) is 16.4. The number of nitrogens with one attached hydrogen (secondary N) is 2. The third-order valence-corrected chi connectivity index (χ3v) is 4.02. The first-order valence-corrected chi connectivity index (χ1v) is 6.30. The summed E-state index contributed by atoms with van der Waals surface area (Å²) < 4.78 is 0. The monoisotopic (exact) mass is 307 g/mol. The largest absolute Gasteiger partial charge is 0.480 e. The topological polar surface area (TPSA) is 185 Å². The number of aliphatic hydroxyl groups excluding tert-OH is 3. The SMILES string of the molecule is CO.NC12C(NCC(=O)O)C(O)C1C(O)C2NCC(=O)O. The lowest BCUT2D eigenvalue weighted by molar-refractivity contribution is -0.236. The van der Waals surface area contributed by atoms with Gasteiger partial charge in [-0.15, -0.1) is 0 Å². The number of aliphatic carboxylic acids is 2. The average molecular weight is 307 g/mol. The Labute approximate surface area is 120 Å². The first kappa shape index (κ1) is 17.8. The van der Waals surface area contributed by atoms with Gasteiger partial charge in [0.1, 0.15) is 0 Å². The molecule has 0 bridgehead atoms. The highest BCUT2D eigenvalue weighted by atomic mass is 16.4. The summed E-state index contributed by atoms with van der Waals surface area (Å²) in [4.78, 5) is 21.0. The summed E-state index contributed by atoms with van der Waals surface area (Å²) in [5.41, 5.74) is 5.02. The lowest BCUT2D eigenvalue weighted by Crippen LogP contribution is -2.96. The van der Waals surface area contributed by atoms with Crippen molar-refractivity contribution in [2.24, 2.45) is 11.7 Å². The number of carboxylic acid groups (broad SMARTS) is 2. The smallest absolute Gasteiger partial charge is 0.317 e. The summed E-state index contributed by atoms with van der Waals surface area (Å²) >= 11 is 0. The van der Waals surface area contributed by atoms with Gasteiger partial charge in [0.15, 0.2) is 0 Å². The highest BCUT2D eigenvalue weighted by Crippen LogP contribution is 2.52. The van der Waals surface area contributed by atoms with Crippen LogP contribution in [0.5, 0.6) is 0 Å². The van der Waals surface area contributed by atoms with Crippen molar-refractivity contribution in [1.29, 1.82) is 0 Å². The molecule has 4 atom stereocenters. The number of fused-ring (bicyclic) bond motifs is 1. The van der Waals surface area contributed by atoms with Crippen LogP contribution in [0.15, 0.2) is 0 Å². The molecule has 0 spiro atoms. The molecule has 0 amide bonds. The number of hydrogen-bond donors (Lipinski definition) is 8. The lowest BCUT2D eigenvalue weighted by Gasteiger charge is -2.71. The molecule has 0 aliphatic heterocycles. The van der Waals surface area contributed by atoms with E-state index in [0.29, 0.717) is 0 Å². The molecule has 0 aromatic rings. The van der Waals surface area contributed by atoms with Crippen molar-refractivity contribution in [3.8, 4) is 0 Å². The maximum Gasteiger partial charge on any atom is 0.317 e. The second kappa shape index (κ2) is 6.64. The van der Waals surface area contributed by atoms with E-state index < -0.39 is 47.7 Å². The molecule has 21 heavy (non-hydrogen) atoms. The predicted octanol–water partition coefficient (Wildman–Crippen LogP) is -4.26. The molecule has 0 aromatic heterocycles. The van der Waals surface area contributed by atoms with Gasteiger partial charge in [-0.3, -0.25) is 20.2 Å². The minimum atomic E-state index is -1.09. The summed E-state index contributed by atoms with van der Waals surface area (Å²) in [7, 11) is 1.00. The van der Waals surface area contributed by atoms with Crippen LogP contribution in [-0.4, -0.2) is 87.5 Å². The van der Waals surface area contributed by atoms with Gasteiger partial charge >= 0.3 is 11.9 Å². The van der Waals surface area contributed by atoms with Crippen molar-refractivity contribution in [3.05, 3.63) is 0 Å². The Kier molecular flexibility index (Phi) is 5.61. The van der Waals surface area contributed by atoms with E-state index in [1.54, 1.807) is 0 Å². The Morgan fingerprint density at radius 2 is 1.33 bits per heavy atom. The highest BCUT2D eigenvalue weighted by molar-refractivity contribution is 5.69. The molecule has 10 nitrogen and oxygen atoms in total. The van der Waals surface area contributed by atoms with Crippen LogP contribution in [0.4, 0.5) is 0 Å². The summed E-state index contributed by atoms with van der Waals surface area (Å²) in [6.07, 6.45) is -1.88. The van der Waals surface area contributed by atoms with Gasteiger partial charge < -0.3 is 31.3 Å². The van der Waals surface area contributed by atoms with Crippen molar-refractivity contribution in [2.45, 2.75) is 29.8 Å². The molecule has 9 N–H and O–H groups in total. The molecule has 2 rings (SSSR count). The van der Waals surface area contributed by atoms with Crippen LogP contribution in [0.2, 0.25) is 0 Å². The Bertz CT molecular complexity index is 373. The van der Waals surface area contributed by atoms with Crippen molar-refractivity contribution < 1.29 is 35.1 Å². The predicted molar refractivity (Wildman–Crippen MR) is 69.4 cm³/mol. The third-order valence-electron chi connectivity index (χ3n) is 4.02. The Hall–Kier alpha value is -1.30. The van der Waals surface area contributed by atoms with E-state index in [1.807, 2.05) is 0 Å². The van der Waals surface area contributed by atoms with E-state index in [4.69, 9.17) is 21.1 Å². The summed E-state index contributed by atoms with van der Waals surface area (Å²) in [6, 6.07) is -1.38. The number of aliphatic hydroxyl groups is 3. The fraction of sp³-hybridized carbons (Fsp3) is 0.818. The molecule has 4 unspecified atom stereocenters. The molecular formula is C11H21N3O7. The van der Waals surface area contributed by atoms with Gasteiger partial charge in [-0.25, -0.2) is 0 Å². The second-order valence-corrected chi connectivity index (χ2v) is 5.01. The van der Waals surface area contributed by atoms with Gasteiger partial charge in [0, 0.05) is 13.0 Å². The zero-order valence-electron chi connectivity index (χ0n) is 11.4. The van der Waals surface area contributed by atoms with Crippen LogP contribution in [0, 0.1) is 5.92 Å². The van der Waals surface area contributed by atoms with Gasteiger partial charge in [0.25, 0.3) is 0 Å². The van der Waals surface area contributed by atoms with E-state index in [-0.39, 0.29) is 13.1 Å². The average Bonchev–Trinajstić information content (AvgIpc) is 2.40. The van der Waals surface area contributed by atoms with Crippen LogP contribution in [0.3, 0.4) is 0 Å². The molecule has 122 valence electrons. The molecule has 0 heterocycles. The summed E-state index contributed by atoms with van der Waals surface area (Å²) in [6.45, 7) is -0.732. The van der Waals surface area contributed by atoms with E-state index in [9.17, 15) is 19.8 Å². The number of nitrogens with two attached hydrogens (primary N) is 1. The number of hydrogen-bond acceptors (Lipinski definition) is 8. The normalized spacial score (nSPS) is 40.0. The van der Waals surface area contributed by atoms with Crippen LogP contribution in [0.25, 0.3) is 0 Å². The highest BCUT2D eigenvalue weighted by Gasteiger charge is 2.75. The van der Waals surface area contributed by atoms with E-state index >= 15 is 0 Å². The van der Waals surface area contributed by atoms with Crippen LogP contribution in [0.1, 0.15) is 0 Å². The van der Waals surface area contributed by atoms with Crippen LogP contribution >= 0.6 is 0 Å². The van der Waals surface area contributed by atoms with Crippen molar-refractivity contribution in [2.75, 3.05) is 20.2 Å². The van der Waals surface area contributed by atoms with Gasteiger partial charge in [0.05, 0.1) is 42.9 Å². The van der Waals surface area contributed by atoms with Gasteiger partial charge in [-0.2, -0.15) is 0 Å². The molecule has 2 aliphatic rings. The maximum absolute atomic E-state index is 10.5. The molecule has 2 aliphatic carbocycles. The summed E-state index contributed by atoms with van der Waals surface area (Å²) in [5.74, 6) is -2.76. The first-order valence-electron chi connectivity index (χ1n) is 6.30. The molecular weight excluding hydrogens is 286 g/mol.